The first-order chi connectivity index (χ1) is 18.8. The predicted octanol–water partition coefficient (Wildman–Crippen LogP) is 2.54. The Labute approximate surface area is 227 Å². The second-order valence-electron chi connectivity index (χ2n) is 9.77. The van der Waals surface area contributed by atoms with Gasteiger partial charge in [-0.25, -0.2) is 8.42 Å². The van der Waals surface area contributed by atoms with Crippen molar-refractivity contribution in [3.05, 3.63) is 54.4 Å². The number of methoxy groups -OCH3 is 1. The maximum absolute atomic E-state index is 13.7. The molecule has 2 aliphatic rings. The fourth-order valence-corrected chi connectivity index (χ4v) is 6.53. The molecule has 3 heterocycles. The molecular formula is C27H31N5O6S. The summed E-state index contributed by atoms with van der Waals surface area (Å²) in [5, 5.41) is 6.66. The van der Waals surface area contributed by atoms with Crippen molar-refractivity contribution in [1.29, 1.82) is 0 Å². The Balaban J connectivity index is 1.36. The summed E-state index contributed by atoms with van der Waals surface area (Å²) in [7, 11) is -1.47. The van der Waals surface area contributed by atoms with Gasteiger partial charge in [0.05, 0.1) is 18.1 Å². The number of fused-ring (bicyclic) bond motifs is 1. The molecule has 1 saturated heterocycles. The first-order valence-corrected chi connectivity index (χ1v) is 14.7. The Hall–Kier alpha value is -3.77. The van der Waals surface area contributed by atoms with Gasteiger partial charge in [0.25, 0.3) is 0 Å². The molecule has 206 valence electrons. The van der Waals surface area contributed by atoms with Crippen molar-refractivity contribution in [2.75, 3.05) is 60.0 Å². The smallest absolute Gasteiger partial charge is 0.244 e. The summed E-state index contributed by atoms with van der Waals surface area (Å²) in [6, 6.07) is 12.8. The van der Waals surface area contributed by atoms with Gasteiger partial charge in [-0.15, -0.1) is 0 Å². The second kappa shape index (κ2) is 11.5. The van der Waals surface area contributed by atoms with E-state index in [1.54, 1.807) is 31.4 Å². The highest BCUT2D eigenvalue weighted by Gasteiger charge is 2.33. The number of rotatable bonds is 9. The van der Waals surface area contributed by atoms with Crippen LogP contribution in [0.5, 0.6) is 0 Å². The fourth-order valence-electron chi connectivity index (χ4n) is 5.03. The van der Waals surface area contributed by atoms with Crippen LogP contribution in [0.1, 0.15) is 18.4 Å². The highest BCUT2D eigenvalue weighted by Crippen LogP contribution is 2.33. The van der Waals surface area contributed by atoms with E-state index in [0.29, 0.717) is 23.8 Å². The number of aromatic nitrogens is 2. The van der Waals surface area contributed by atoms with E-state index in [-0.39, 0.29) is 42.7 Å². The lowest BCUT2D eigenvalue weighted by Crippen LogP contribution is -2.43. The number of hydrogen-bond donors (Lipinski definition) is 1. The molecule has 0 saturated carbocycles. The number of benzene rings is 2. The van der Waals surface area contributed by atoms with Crippen molar-refractivity contribution in [2.24, 2.45) is 5.92 Å². The van der Waals surface area contributed by atoms with Gasteiger partial charge >= 0.3 is 0 Å². The molecule has 0 spiro atoms. The number of sulfone groups is 1. The molecule has 2 aliphatic heterocycles. The van der Waals surface area contributed by atoms with Gasteiger partial charge in [-0.2, -0.15) is 4.98 Å². The molecule has 2 amide bonds. The van der Waals surface area contributed by atoms with Crippen LogP contribution in [-0.2, 0) is 30.6 Å². The van der Waals surface area contributed by atoms with E-state index in [0.717, 1.165) is 30.8 Å². The highest BCUT2D eigenvalue weighted by molar-refractivity contribution is 7.91. The van der Waals surface area contributed by atoms with E-state index < -0.39 is 15.8 Å². The molecule has 0 radical (unpaired) electrons. The number of carbonyl (C=O) groups excluding carboxylic acids is 2. The SMILES string of the molecule is COCCN1CCc2ccc(N(CC(=O)Nc3ccc(-c4ncon4)cc3)C(=O)C3CCS(=O)(=O)CC3)cc21. The zero-order valence-corrected chi connectivity index (χ0v) is 22.5. The molecule has 0 unspecified atom stereocenters. The minimum Gasteiger partial charge on any atom is -0.383 e. The van der Waals surface area contributed by atoms with E-state index in [4.69, 9.17) is 9.26 Å². The van der Waals surface area contributed by atoms with Crippen LogP contribution in [0.2, 0.25) is 0 Å². The molecule has 1 aromatic heterocycles. The molecule has 0 aliphatic carbocycles. The van der Waals surface area contributed by atoms with E-state index in [2.05, 4.69) is 20.4 Å². The average Bonchev–Trinajstić information content (AvgIpc) is 3.61. The summed E-state index contributed by atoms with van der Waals surface area (Å²) >= 11 is 0. The summed E-state index contributed by atoms with van der Waals surface area (Å²) in [6.45, 7) is 1.96. The van der Waals surface area contributed by atoms with Crippen molar-refractivity contribution in [3.63, 3.8) is 0 Å². The number of carbonyl (C=O) groups is 2. The molecule has 11 nitrogen and oxygen atoms in total. The number of hydrogen-bond acceptors (Lipinski definition) is 9. The Bertz CT molecular complexity index is 1410. The van der Waals surface area contributed by atoms with Gasteiger partial charge in [-0.05, 0) is 61.2 Å². The monoisotopic (exact) mass is 553 g/mol. The van der Waals surface area contributed by atoms with Crippen molar-refractivity contribution in [1.82, 2.24) is 10.1 Å². The lowest BCUT2D eigenvalue weighted by molar-refractivity contribution is -0.124. The minimum absolute atomic E-state index is 0.0227. The molecule has 2 aromatic carbocycles. The third-order valence-electron chi connectivity index (χ3n) is 7.20. The maximum Gasteiger partial charge on any atom is 0.244 e. The van der Waals surface area contributed by atoms with Gasteiger partial charge in [0, 0.05) is 48.7 Å². The summed E-state index contributed by atoms with van der Waals surface area (Å²) in [4.78, 5) is 34.6. The van der Waals surface area contributed by atoms with Crippen molar-refractivity contribution in [3.8, 4) is 11.4 Å². The van der Waals surface area contributed by atoms with Crippen LogP contribution >= 0.6 is 0 Å². The third kappa shape index (κ3) is 6.28. The topological polar surface area (TPSA) is 135 Å². The highest BCUT2D eigenvalue weighted by atomic mass is 32.2. The lowest BCUT2D eigenvalue weighted by atomic mass is 10.0. The standard InChI is InChI=1S/C27H31N5O6S/c1-37-13-12-31-11-8-19-4-7-23(16-24(19)31)32(27(34)21-9-14-39(35,36)15-10-21)17-25(33)29-22-5-2-20(3-6-22)26-28-18-38-30-26/h2-7,16,18,21H,8-15,17H2,1H3,(H,29,33). The van der Waals surface area contributed by atoms with Crippen LogP contribution in [0.25, 0.3) is 11.4 Å². The minimum atomic E-state index is -3.13. The van der Waals surface area contributed by atoms with E-state index in [1.165, 1.54) is 16.9 Å². The van der Waals surface area contributed by atoms with Gasteiger partial charge in [0.2, 0.25) is 24.0 Å². The lowest BCUT2D eigenvalue weighted by Gasteiger charge is -2.30. The van der Waals surface area contributed by atoms with Gasteiger partial charge < -0.3 is 24.4 Å². The molecule has 39 heavy (non-hydrogen) atoms. The summed E-state index contributed by atoms with van der Waals surface area (Å²) in [5.41, 5.74) is 4.10. The number of nitrogens with one attached hydrogen (secondary N) is 1. The number of amides is 2. The van der Waals surface area contributed by atoms with E-state index in [1.807, 2.05) is 18.2 Å². The zero-order valence-electron chi connectivity index (χ0n) is 21.7. The normalized spacial score (nSPS) is 16.6. The Kier molecular flexibility index (Phi) is 7.94. The number of anilines is 3. The zero-order chi connectivity index (χ0) is 27.4. The summed E-state index contributed by atoms with van der Waals surface area (Å²) in [6.07, 6.45) is 2.64. The Morgan fingerprint density at radius 1 is 1.15 bits per heavy atom. The van der Waals surface area contributed by atoms with Crippen LogP contribution in [0, 0.1) is 5.92 Å². The van der Waals surface area contributed by atoms with Gasteiger partial charge in [-0.3, -0.25) is 9.59 Å². The molecule has 3 aromatic rings. The largest absolute Gasteiger partial charge is 0.383 e. The van der Waals surface area contributed by atoms with Crippen molar-refractivity contribution >= 4 is 38.7 Å². The molecule has 5 rings (SSSR count). The molecule has 12 heteroatoms. The predicted molar refractivity (Wildman–Crippen MR) is 146 cm³/mol. The molecule has 1 fully saturated rings. The molecule has 1 N–H and O–H groups in total. The van der Waals surface area contributed by atoms with E-state index in [9.17, 15) is 18.0 Å². The summed E-state index contributed by atoms with van der Waals surface area (Å²) in [5.74, 6) is -0.676. The van der Waals surface area contributed by atoms with Crippen LogP contribution in [-0.4, -0.2) is 75.2 Å². The molecule has 0 bridgehead atoms. The van der Waals surface area contributed by atoms with E-state index >= 15 is 0 Å². The quantitative estimate of drug-likeness (QED) is 0.424. The number of ether oxygens (including phenoxy) is 1. The fraction of sp³-hybridized carbons (Fsp3) is 0.407. The Morgan fingerprint density at radius 2 is 1.92 bits per heavy atom. The summed E-state index contributed by atoms with van der Waals surface area (Å²) < 4.78 is 34.0. The van der Waals surface area contributed by atoms with Crippen LogP contribution in [0.4, 0.5) is 17.1 Å². The van der Waals surface area contributed by atoms with Crippen LogP contribution in [0.15, 0.2) is 53.4 Å². The van der Waals surface area contributed by atoms with Gasteiger partial charge in [0.15, 0.2) is 0 Å². The first kappa shape index (κ1) is 26.8. The van der Waals surface area contributed by atoms with Gasteiger partial charge in [0.1, 0.15) is 16.4 Å². The van der Waals surface area contributed by atoms with Crippen LogP contribution < -0.4 is 15.1 Å². The van der Waals surface area contributed by atoms with Crippen molar-refractivity contribution < 1.29 is 27.3 Å². The van der Waals surface area contributed by atoms with Crippen LogP contribution in [0.3, 0.4) is 0 Å². The molecular weight excluding hydrogens is 522 g/mol. The second-order valence-corrected chi connectivity index (χ2v) is 12.1. The molecule has 0 atom stereocenters. The first-order valence-electron chi connectivity index (χ1n) is 12.9. The van der Waals surface area contributed by atoms with Gasteiger partial charge in [-0.1, -0.05) is 11.2 Å². The Morgan fingerprint density at radius 3 is 2.62 bits per heavy atom. The number of nitrogens with zero attached hydrogens (tertiary/aromatic N) is 4. The third-order valence-corrected chi connectivity index (χ3v) is 8.91. The van der Waals surface area contributed by atoms with Crippen molar-refractivity contribution in [2.45, 2.75) is 19.3 Å². The average molecular weight is 554 g/mol. The maximum atomic E-state index is 13.7.